The lowest BCUT2D eigenvalue weighted by Crippen LogP contribution is -2.40. The first-order valence-corrected chi connectivity index (χ1v) is 8.49. The number of hydrogen-bond acceptors (Lipinski definition) is 6. The topological polar surface area (TPSA) is 101 Å². The second-order valence-corrected chi connectivity index (χ2v) is 5.96. The Morgan fingerprint density at radius 3 is 2.70 bits per heavy atom. The molecule has 2 aromatic rings. The van der Waals surface area contributed by atoms with Crippen LogP contribution in [0.25, 0.3) is 0 Å². The van der Waals surface area contributed by atoms with E-state index in [-0.39, 0.29) is 5.76 Å². The van der Waals surface area contributed by atoms with Gasteiger partial charge in [0.2, 0.25) is 0 Å². The van der Waals surface area contributed by atoms with E-state index in [1.54, 1.807) is 6.07 Å². The number of hydrazone groups is 1. The van der Waals surface area contributed by atoms with Gasteiger partial charge in [-0.05, 0) is 24.6 Å². The number of benzene rings is 1. The molecular weight excluding hydrogens is 350 g/mol. The summed E-state index contributed by atoms with van der Waals surface area (Å²) in [7, 11) is 0. The van der Waals surface area contributed by atoms with Crippen molar-refractivity contribution in [3.63, 3.8) is 0 Å². The third-order valence-electron chi connectivity index (χ3n) is 3.98. The molecule has 1 aromatic carbocycles. The maximum Gasteiger partial charge on any atom is 0.328 e. The van der Waals surface area contributed by atoms with Crippen LogP contribution in [-0.4, -0.2) is 47.7 Å². The van der Waals surface area contributed by atoms with Crippen LogP contribution in [0.1, 0.15) is 29.5 Å². The molecule has 3 rings (SSSR count). The minimum absolute atomic E-state index is 0.0885. The van der Waals surface area contributed by atoms with Gasteiger partial charge >= 0.3 is 5.97 Å². The molecule has 1 aliphatic rings. The summed E-state index contributed by atoms with van der Waals surface area (Å²) in [6.45, 7) is 1.46. The Morgan fingerprint density at radius 1 is 1.22 bits per heavy atom. The van der Waals surface area contributed by atoms with Crippen LogP contribution in [0.4, 0.5) is 0 Å². The average Bonchev–Trinajstić information content (AvgIpc) is 3.38. The molecule has 0 fully saturated rings. The minimum atomic E-state index is -0.919. The lowest BCUT2D eigenvalue weighted by atomic mass is 10.1. The number of carbonyl (C=O) groups excluding carboxylic acids is 3. The van der Waals surface area contributed by atoms with Gasteiger partial charge in [0.1, 0.15) is 6.04 Å². The first-order chi connectivity index (χ1) is 13.0. The van der Waals surface area contributed by atoms with Gasteiger partial charge in [0.15, 0.2) is 12.4 Å². The highest BCUT2D eigenvalue weighted by Crippen LogP contribution is 2.13. The van der Waals surface area contributed by atoms with Crippen LogP contribution < -0.4 is 5.32 Å². The number of carbonyl (C=O) groups is 3. The number of hydrogen-bond donors (Lipinski definition) is 1. The van der Waals surface area contributed by atoms with E-state index in [1.807, 2.05) is 30.3 Å². The molecule has 1 N–H and O–H groups in total. The summed E-state index contributed by atoms with van der Waals surface area (Å²) in [4.78, 5) is 36.0. The van der Waals surface area contributed by atoms with Crippen LogP contribution in [-0.2, 0) is 14.3 Å². The lowest BCUT2D eigenvalue weighted by molar-refractivity contribution is -0.153. The Labute approximate surface area is 155 Å². The van der Waals surface area contributed by atoms with Gasteiger partial charge in [-0.1, -0.05) is 30.3 Å². The predicted molar refractivity (Wildman–Crippen MR) is 95.9 cm³/mol. The lowest BCUT2D eigenvalue weighted by Gasteiger charge is -2.14. The van der Waals surface area contributed by atoms with E-state index < -0.39 is 30.4 Å². The molecule has 1 aromatic heterocycles. The molecule has 0 spiro atoms. The molecule has 1 atom stereocenters. The van der Waals surface area contributed by atoms with Crippen LogP contribution in [0.3, 0.4) is 0 Å². The predicted octanol–water partition coefficient (Wildman–Crippen LogP) is 1.58. The first-order valence-electron chi connectivity index (χ1n) is 8.49. The van der Waals surface area contributed by atoms with Crippen molar-refractivity contribution in [1.29, 1.82) is 0 Å². The quantitative estimate of drug-likeness (QED) is 0.779. The second-order valence-electron chi connectivity index (χ2n) is 5.96. The monoisotopic (exact) mass is 369 g/mol. The third-order valence-corrected chi connectivity index (χ3v) is 3.98. The van der Waals surface area contributed by atoms with Gasteiger partial charge in [0, 0.05) is 6.42 Å². The highest BCUT2D eigenvalue weighted by molar-refractivity contribution is 6.02. The van der Waals surface area contributed by atoms with Gasteiger partial charge in [-0.15, -0.1) is 0 Å². The molecule has 1 aliphatic heterocycles. The molecule has 27 heavy (non-hydrogen) atoms. The van der Waals surface area contributed by atoms with Gasteiger partial charge in [-0.3, -0.25) is 9.59 Å². The SMILES string of the molecule is C[C@H](NC(=O)c1ccco1)C(=O)OCC(=O)N1CCC(c2ccccc2)=N1. The van der Waals surface area contributed by atoms with Gasteiger partial charge in [0.25, 0.3) is 11.8 Å². The summed E-state index contributed by atoms with van der Waals surface area (Å²) in [5, 5.41) is 8.03. The highest BCUT2D eigenvalue weighted by Gasteiger charge is 2.24. The highest BCUT2D eigenvalue weighted by atomic mass is 16.5. The average molecular weight is 369 g/mol. The fourth-order valence-corrected chi connectivity index (χ4v) is 2.54. The maximum absolute atomic E-state index is 12.2. The number of furan rings is 1. The Balaban J connectivity index is 1.48. The summed E-state index contributed by atoms with van der Waals surface area (Å²) >= 11 is 0. The maximum atomic E-state index is 12.2. The summed E-state index contributed by atoms with van der Waals surface area (Å²) in [6.07, 6.45) is 2.00. The van der Waals surface area contributed by atoms with Gasteiger partial charge in [-0.25, -0.2) is 9.80 Å². The molecule has 0 saturated heterocycles. The fraction of sp³-hybridized carbons (Fsp3) is 0.263. The van der Waals surface area contributed by atoms with Crippen molar-refractivity contribution in [3.8, 4) is 0 Å². The zero-order valence-electron chi connectivity index (χ0n) is 14.8. The van der Waals surface area contributed by atoms with Crippen molar-refractivity contribution in [2.75, 3.05) is 13.2 Å². The van der Waals surface area contributed by atoms with Crippen molar-refractivity contribution in [1.82, 2.24) is 10.3 Å². The van der Waals surface area contributed by atoms with Crippen molar-refractivity contribution >= 4 is 23.5 Å². The summed E-state index contributed by atoms with van der Waals surface area (Å²) in [6, 6.07) is 11.7. The van der Waals surface area contributed by atoms with E-state index in [9.17, 15) is 14.4 Å². The molecule has 0 unspecified atom stereocenters. The molecule has 140 valence electrons. The normalized spacial score (nSPS) is 14.4. The third kappa shape index (κ3) is 4.60. The van der Waals surface area contributed by atoms with E-state index in [0.717, 1.165) is 11.3 Å². The number of nitrogens with zero attached hydrogens (tertiary/aromatic N) is 2. The fourth-order valence-electron chi connectivity index (χ4n) is 2.54. The zero-order valence-corrected chi connectivity index (χ0v) is 14.8. The van der Waals surface area contributed by atoms with Gasteiger partial charge < -0.3 is 14.5 Å². The standard InChI is InChI=1S/C19H19N3O5/c1-13(20-18(24)16-8-5-11-26-16)19(25)27-12-17(23)22-10-9-15(21-22)14-6-3-2-4-7-14/h2-8,11,13H,9-10,12H2,1H3,(H,20,24)/t13-/m0/s1. The minimum Gasteiger partial charge on any atom is -0.459 e. The van der Waals surface area contributed by atoms with Crippen LogP contribution in [0, 0.1) is 0 Å². The van der Waals surface area contributed by atoms with Crippen LogP contribution in [0.5, 0.6) is 0 Å². The zero-order chi connectivity index (χ0) is 19.2. The van der Waals surface area contributed by atoms with Crippen LogP contribution in [0.15, 0.2) is 58.2 Å². The molecule has 8 heteroatoms. The van der Waals surface area contributed by atoms with Crippen molar-refractivity contribution in [2.24, 2.45) is 5.10 Å². The summed E-state index contributed by atoms with van der Waals surface area (Å²) < 4.78 is 9.94. The Morgan fingerprint density at radius 2 is 2.00 bits per heavy atom. The van der Waals surface area contributed by atoms with Crippen molar-refractivity contribution in [3.05, 3.63) is 60.1 Å². The van der Waals surface area contributed by atoms with Crippen LogP contribution in [0.2, 0.25) is 0 Å². The number of rotatable bonds is 6. The van der Waals surface area contributed by atoms with E-state index in [1.165, 1.54) is 24.3 Å². The molecular formula is C19H19N3O5. The largest absolute Gasteiger partial charge is 0.459 e. The van der Waals surface area contributed by atoms with Crippen LogP contribution >= 0.6 is 0 Å². The van der Waals surface area contributed by atoms with E-state index in [4.69, 9.17) is 9.15 Å². The van der Waals surface area contributed by atoms with Gasteiger partial charge in [-0.2, -0.15) is 5.10 Å². The molecule has 8 nitrogen and oxygen atoms in total. The Hall–Kier alpha value is -3.42. The van der Waals surface area contributed by atoms with Gasteiger partial charge in [0.05, 0.1) is 18.5 Å². The number of amides is 2. The van der Waals surface area contributed by atoms with E-state index in [2.05, 4.69) is 10.4 Å². The smallest absolute Gasteiger partial charge is 0.328 e. The molecule has 2 heterocycles. The second kappa shape index (κ2) is 8.31. The first kappa shape index (κ1) is 18.4. The van der Waals surface area contributed by atoms with Crippen molar-refractivity contribution < 1.29 is 23.5 Å². The molecule has 0 bridgehead atoms. The Bertz CT molecular complexity index is 845. The number of nitrogens with one attached hydrogen (secondary N) is 1. The van der Waals surface area contributed by atoms with Crippen molar-refractivity contribution in [2.45, 2.75) is 19.4 Å². The summed E-state index contributed by atoms with van der Waals surface area (Å²) in [5.74, 6) is -1.58. The Kier molecular flexibility index (Phi) is 5.65. The van der Waals surface area contributed by atoms with E-state index >= 15 is 0 Å². The van der Waals surface area contributed by atoms with E-state index in [0.29, 0.717) is 13.0 Å². The molecule has 0 aliphatic carbocycles. The number of ether oxygens (including phenoxy) is 1. The number of esters is 1. The summed E-state index contributed by atoms with van der Waals surface area (Å²) in [5.41, 5.74) is 1.77. The molecule has 0 saturated carbocycles. The molecule has 2 amide bonds. The molecule has 0 radical (unpaired) electrons.